The van der Waals surface area contributed by atoms with Gasteiger partial charge in [-0.15, -0.1) is 6.58 Å². The van der Waals surface area contributed by atoms with Crippen LogP contribution in [0.3, 0.4) is 0 Å². The normalized spacial score (nSPS) is 10.4. The van der Waals surface area contributed by atoms with E-state index in [4.69, 9.17) is 11.6 Å². The fraction of sp³-hybridized carbons (Fsp3) is 0.154. The standard InChI is InChI=1S/C13H13BrClN3/c1-3-6-16-13-17-9(2)8-18(13)10-4-5-11(14)12(15)7-10/h3-5,7-8H,1,6H2,2H3,(H,16,17). The predicted octanol–water partition coefficient (Wildman–Crippen LogP) is 4.19. The molecular formula is C13H13BrClN3. The summed E-state index contributed by atoms with van der Waals surface area (Å²) < 4.78 is 2.85. The molecule has 0 fully saturated rings. The molecule has 2 rings (SSSR count). The first-order valence-corrected chi connectivity index (χ1v) is 6.65. The molecule has 1 aromatic carbocycles. The second-order valence-corrected chi connectivity index (χ2v) is 5.11. The molecule has 0 bridgehead atoms. The zero-order valence-electron chi connectivity index (χ0n) is 9.95. The molecule has 5 heteroatoms. The van der Waals surface area contributed by atoms with Crippen molar-refractivity contribution in [3.8, 4) is 5.69 Å². The van der Waals surface area contributed by atoms with E-state index in [2.05, 4.69) is 32.8 Å². The molecule has 0 amide bonds. The fourth-order valence-electron chi connectivity index (χ4n) is 1.62. The average molecular weight is 327 g/mol. The maximum Gasteiger partial charge on any atom is 0.207 e. The van der Waals surface area contributed by atoms with Crippen molar-refractivity contribution in [2.45, 2.75) is 6.92 Å². The van der Waals surface area contributed by atoms with Gasteiger partial charge in [-0.3, -0.25) is 4.57 Å². The quantitative estimate of drug-likeness (QED) is 0.854. The van der Waals surface area contributed by atoms with E-state index >= 15 is 0 Å². The average Bonchev–Trinajstić information content (AvgIpc) is 2.71. The third-order valence-electron chi connectivity index (χ3n) is 2.41. The fourth-order valence-corrected chi connectivity index (χ4v) is 2.04. The third-order valence-corrected chi connectivity index (χ3v) is 3.64. The number of nitrogens with one attached hydrogen (secondary N) is 1. The van der Waals surface area contributed by atoms with Gasteiger partial charge in [-0.1, -0.05) is 17.7 Å². The molecule has 0 atom stereocenters. The number of aromatic nitrogens is 2. The van der Waals surface area contributed by atoms with Crippen LogP contribution in [0.25, 0.3) is 5.69 Å². The maximum absolute atomic E-state index is 6.11. The first-order valence-electron chi connectivity index (χ1n) is 5.48. The number of hydrogen-bond donors (Lipinski definition) is 1. The second kappa shape index (κ2) is 5.59. The van der Waals surface area contributed by atoms with Gasteiger partial charge in [0.25, 0.3) is 0 Å². The monoisotopic (exact) mass is 325 g/mol. The molecule has 0 saturated carbocycles. The Labute approximate surface area is 120 Å². The molecule has 1 heterocycles. The largest absolute Gasteiger partial charge is 0.352 e. The molecule has 18 heavy (non-hydrogen) atoms. The minimum atomic E-state index is 0.667. The summed E-state index contributed by atoms with van der Waals surface area (Å²) in [5.41, 5.74) is 1.91. The van der Waals surface area contributed by atoms with Crippen molar-refractivity contribution in [2.75, 3.05) is 11.9 Å². The highest BCUT2D eigenvalue weighted by atomic mass is 79.9. The van der Waals surface area contributed by atoms with E-state index in [1.807, 2.05) is 35.9 Å². The van der Waals surface area contributed by atoms with Crippen LogP contribution in [-0.2, 0) is 0 Å². The van der Waals surface area contributed by atoms with Gasteiger partial charge in [0.1, 0.15) is 0 Å². The summed E-state index contributed by atoms with van der Waals surface area (Å²) in [5, 5.41) is 3.87. The topological polar surface area (TPSA) is 29.9 Å². The number of hydrogen-bond acceptors (Lipinski definition) is 2. The maximum atomic E-state index is 6.11. The van der Waals surface area contributed by atoms with Crippen LogP contribution in [0, 0.1) is 6.92 Å². The minimum absolute atomic E-state index is 0.667. The molecule has 1 aromatic heterocycles. The van der Waals surface area contributed by atoms with Crippen LogP contribution in [0.2, 0.25) is 5.02 Å². The van der Waals surface area contributed by atoms with Crippen LogP contribution in [-0.4, -0.2) is 16.1 Å². The molecule has 0 unspecified atom stereocenters. The molecular weight excluding hydrogens is 314 g/mol. The molecule has 0 radical (unpaired) electrons. The number of imidazole rings is 1. The van der Waals surface area contributed by atoms with Gasteiger partial charge in [-0.25, -0.2) is 4.98 Å². The van der Waals surface area contributed by atoms with Crippen LogP contribution in [0.4, 0.5) is 5.95 Å². The van der Waals surface area contributed by atoms with Crippen molar-refractivity contribution in [3.63, 3.8) is 0 Å². The highest BCUT2D eigenvalue weighted by Crippen LogP contribution is 2.26. The first-order chi connectivity index (χ1) is 8.61. The smallest absolute Gasteiger partial charge is 0.207 e. The minimum Gasteiger partial charge on any atom is -0.352 e. The number of nitrogens with zero attached hydrogens (tertiary/aromatic N) is 2. The van der Waals surface area contributed by atoms with Crippen LogP contribution < -0.4 is 5.32 Å². The Bertz CT molecular complexity index is 578. The van der Waals surface area contributed by atoms with Crippen molar-refractivity contribution >= 4 is 33.5 Å². The molecule has 0 aliphatic heterocycles. The Kier molecular flexibility index (Phi) is 4.09. The van der Waals surface area contributed by atoms with Crippen molar-refractivity contribution < 1.29 is 0 Å². The van der Waals surface area contributed by atoms with E-state index in [1.165, 1.54) is 0 Å². The number of halogens is 2. The van der Waals surface area contributed by atoms with Crippen LogP contribution >= 0.6 is 27.5 Å². The molecule has 0 aliphatic carbocycles. The van der Waals surface area contributed by atoms with E-state index in [9.17, 15) is 0 Å². The van der Waals surface area contributed by atoms with Crippen LogP contribution in [0.5, 0.6) is 0 Å². The van der Waals surface area contributed by atoms with Gasteiger partial charge < -0.3 is 5.32 Å². The van der Waals surface area contributed by atoms with E-state index in [-0.39, 0.29) is 0 Å². The van der Waals surface area contributed by atoms with E-state index in [0.29, 0.717) is 11.6 Å². The Morgan fingerprint density at radius 1 is 1.56 bits per heavy atom. The van der Waals surface area contributed by atoms with Crippen molar-refractivity contribution in [2.24, 2.45) is 0 Å². The van der Waals surface area contributed by atoms with Gasteiger partial charge in [0, 0.05) is 17.2 Å². The van der Waals surface area contributed by atoms with Gasteiger partial charge in [0.2, 0.25) is 5.95 Å². The summed E-state index contributed by atoms with van der Waals surface area (Å²) in [5.74, 6) is 0.783. The Hall–Kier alpha value is -1.26. The van der Waals surface area contributed by atoms with Gasteiger partial charge in [0.05, 0.1) is 16.4 Å². The lowest BCUT2D eigenvalue weighted by Gasteiger charge is -2.09. The van der Waals surface area contributed by atoms with Gasteiger partial charge >= 0.3 is 0 Å². The van der Waals surface area contributed by atoms with Gasteiger partial charge in [0.15, 0.2) is 0 Å². The van der Waals surface area contributed by atoms with Crippen molar-refractivity contribution in [1.82, 2.24) is 9.55 Å². The predicted molar refractivity (Wildman–Crippen MR) is 79.7 cm³/mol. The highest BCUT2D eigenvalue weighted by molar-refractivity contribution is 9.10. The van der Waals surface area contributed by atoms with Crippen molar-refractivity contribution in [3.05, 3.63) is 52.2 Å². The zero-order chi connectivity index (χ0) is 13.1. The molecule has 0 spiro atoms. The van der Waals surface area contributed by atoms with Gasteiger partial charge in [-0.05, 0) is 41.1 Å². The number of aryl methyl sites for hydroxylation is 1. The lowest BCUT2D eigenvalue weighted by atomic mass is 10.3. The molecule has 0 saturated heterocycles. The summed E-state index contributed by atoms with van der Waals surface area (Å²) in [6.45, 7) is 6.31. The highest BCUT2D eigenvalue weighted by Gasteiger charge is 2.08. The summed E-state index contributed by atoms with van der Waals surface area (Å²) in [7, 11) is 0. The molecule has 2 aromatic rings. The number of rotatable bonds is 4. The molecule has 94 valence electrons. The Morgan fingerprint density at radius 2 is 2.33 bits per heavy atom. The Morgan fingerprint density at radius 3 is 3.00 bits per heavy atom. The molecule has 1 N–H and O–H groups in total. The lowest BCUT2D eigenvalue weighted by molar-refractivity contribution is 1.04. The Balaban J connectivity index is 2.42. The van der Waals surface area contributed by atoms with Crippen molar-refractivity contribution in [1.29, 1.82) is 0 Å². The van der Waals surface area contributed by atoms with E-state index in [1.54, 1.807) is 6.08 Å². The van der Waals surface area contributed by atoms with Gasteiger partial charge in [-0.2, -0.15) is 0 Å². The summed E-state index contributed by atoms with van der Waals surface area (Å²) >= 11 is 9.49. The number of benzene rings is 1. The SMILES string of the molecule is C=CCNc1nc(C)cn1-c1ccc(Br)c(Cl)c1. The molecule has 0 aliphatic rings. The van der Waals surface area contributed by atoms with E-state index < -0.39 is 0 Å². The zero-order valence-corrected chi connectivity index (χ0v) is 12.3. The lowest BCUT2D eigenvalue weighted by Crippen LogP contribution is -2.05. The first kappa shape index (κ1) is 13.2. The summed E-state index contributed by atoms with van der Waals surface area (Å²) in [6, 6.07) is 5.80. The molecule has 3 nitrogen and oxygen atoms in total. The van der Waals surface area contributed by atoms with Crippen LogP contribution in [0.15, 0.2) is 41.5 Å². The summed E-state index contributed by atoms with van der Waals surface area (Å²) in [4.78, 5) is 4.43. The third kappa shape index (κ3) is 2.76. The van der Waals surface area contributed by atoms with E-state index in [0.717, 1.165) is 21.8 Å². The summed E-state index contributed by atoms with van der Waals surface area (Å²) in [6.07, 6.45) is 3.76. The number of anilines is 1. The second-order valence-electron chi connectivity index (χ2n) is 3.84. The van der Waals surface area contributed by atoms with Crippen LogP contribution in [0.1, 0.15) is 5.69 Å².